The summed E-state index contributed by atoms with van der Waals surface area (Å²) >= 11 is 0. The standard InChI is InChI=1S/C15H13F4NO2.ClH/c16-13-9-11(3-6-14(13)21-8-7-20)10-1-4-12(5-2-10)22-15(17,18)19;/h1-6,9H,7-8,20H2;1H. The van der Waals surface area contributed by atoms with Gasteiger partial charge in [0.15, 0.2) is 11.6 Å². The van der Waals surface area contributed by atoms with Crippen molar-refractivity contribution in [2.75, 3.05) is 13.2 Å². The third-order valence-electron chi connectivity index (χ3n) is 2.73. The van der Waals surface area contributed by atoms with Gasteiger partial charge in [-0.25, -0.2) is 4.39 Å². The Labute approximate surface area is 136 Å². The van der Waals surface area contributed by atoms with Crippen molar-refractivity contribution in [3.8, 4) is 22.6 Å². The summed E-state index contributed by atoms with van der Waals surface area (Å²) in [5, 5.41) is 0. The predicted octanol–water partition coefficient (Wildman–Crippen LogP) is 4.15. The Hall–Kier alpha value is -1.99. The van der Waals surface area contributed by atoms with Crippen LogP contribution < -0.4 is 15.2 Å². The van der Waals surface area contributed by atoms with Crippen LogP contribution in [0.1, 0.15) is 0 Å². The largest absolute Gasteiger partial charge is 0.573 e. The Morgan fingerprint density at radius 3 is 2.09 bits per heavy atom. The SMILES string of the molecule is Cl.NCCOc1ccc(-c2ccc(OC(F)(F)F)cc2)cc1F. The van der Waals surface area contributed by atoms with Gasteiger partial charge >= 0.3 is 6.36 Å². The number of benzene rings is 2. The van der Waals surface area contributed by atoms with Crippen LogP contribution in [0.25, 0.3) is 11.1 Å². The molecular formula is C15H14ClF4NO2. The molecule has 2 aromatic rings. The average molecular weight is 352 g/mol. The highest BCUT2D eigenvalue weighted by molar-refractivity contribution is 5.85. The van der Waals surface area contributed by atoms with Gasteiger partial charge in [0.25, 0.3) is 0 Å². The highest BCUT2D eigenvalue weighted by Gasteiger charge is 2.30. The minimum Gasteiger partial charge on any atom is -0.489 e. The van der Waals surface area contributed by atoms with Crippen molar-refractivity contribution in [2.24, 2.45) is 5.73 Å². The van der Waals surface area contributed by atoms with E-state index in [1.807, 2.05) is 0 Å². The van der Waals surface area contributed by atoms with E-state index >= 15 is 0 Å². The molecule has 0 aliphatic rings. The second-order valence-corrected chi connectivity index (χ2v) is 4.35. The molecular weight excluding hydrogens is 338 g/mol. The molecule has 0 unspecified atom stereocenters. The lowest BCUT2D eigenvalue weighted by molar-refractivity contribution is -0.274. The number of alkyl halides is 3. The van der Waals surface area contributed by atoms with Gasteiger partial charge in [-0.1, -0.05) is 18.2 Å². The molecule has 0 spiro atoms. The summed E-state index contributed by atoms with van der Waals surface area (Å²) < 4.78 is 58.9. The van der Waals surface area contributed by atoms with Crippen LogP contribution in [0.3, 0.4) is 0 Å². The molecule has 2 rings (SSSR count). The molecule has 2 N–H and O–H groups in total. The Morgan fingerprint density at radius 1 is 0.957 bits per heavy atom. The molecule has 0 atom stereocenters. The molecule has 0 saturated carbocycles. The third kappa shape index (κ3) is 5.61. The number of ether oxygens (including phenoxy) is 2. The summed E-state index contributed by atoms with van der Waals surface area (Å²) in [5.74, 6) is -0.826. The first-order valence-electron chi connectivity index (χ1n) is 6.37. The second-order valence-electron chi connectivity index (χ2n) is 4.35. The molecule has 0 fully saturated rings. The van der Waals surface area contributed by atoms with Crippen molar-refractivity contribution in [1.82, 2.24) is 0 Å². The van der Waals surface area contributed by atoms with Crippen LogP contribution in [0.4, 0.5) is 17.6 Å². The lowest BCUT2D eigenvalue weighted by atomic mass is 10.1. The maximum atomic E-state index is 13.8. The van der Waals surface area contributed by atoms with Crippen LogP contribution >= 0.6 is 12.4 Å². The molecule has 0 aliphatic carbocycles. The summed E-state index contributed by atoms with van der Waals surface area (Å²) in [5.41, 5.74) is 6.33. The second kappa shape index (κ2) is 8.03. The minimum atomic E-state index is -4.74. The van der Waals surface area contributed by atoms with Crippen molar-refractivity contribution >= 4 is 12.4 Å². The zero-order valence-corrected chi connectivity index (χ0v) is 12.6. The Balaban J connectivity index is 0.00000264. The van der Waals surface area contributed by atoms with E-state index in [0.29, 0.717) is 11.1 Å². The predicted molar refractivity (Wildman–Crippen MR) is 80.3 cm³/mol. The topological polar surface area (TPSA) is 44.5 Å². The van der Waals surface area contributed by atoms with Gasteiger partial charge in [-0.3, -0.25) is 0 Å². The summed E-state index contributed by atoms with van der Waals surface area (Å²) in [6.45, 7) is 0.460. The number of rotatable bonds is 5. The molecule has 8 heteroatoms. The van der Waals surface area contributed by atoms with E-state index in [9.17, 15) is 17.6 Å². The summed E-state index contributed by atoms with van der Waals surface area (Å²) in [6.07, 6.45) is -4.74. The zero-order valence-electron chi connectivity index (χ0n) is 11.8. The van der Waals surface area contributed by atoms with Crippen LogP contribution in [0.2, 0.25) is 0 Å². The van der Waals surface area contributed by atoms with E-state index in [4.69, 9.17) is 10.5 Å². The van der Waals surface area contributed by atoms with Crippen molar-refractivity contribution in [3.05, 3.63) is 48.3 Å². The first-order chi connectivity index (χ1) is 10.4. The van der Waals surface area contributed by atoms with E-state index in [1.165, 1.54) is 36.4 Å². The Kier molecular flexibility index (Phi) is 6.65. The maximum Gasteiger partial charge on any atom is 0.573 e. The normalized spacial score (nSPS) is 10.8. The molecule has 0 radical (unpaired) electrons. The highest BCUT2D eigenvalue weighted by atomic mass is 35.5. The Morgan fingerprint density at radius 2 is 1.57 bits per heavy atom. The van der Waals surface area contributed by atoms with Crippen molar-refractivity contribution < 1.29 is 27.0 Å². The number of hydrogen-bond acceptors (Lipinski definition) is 3. The summed E-state index contributed by atoms with van der Waals surface area (Å²) in [6, 6.07) is 9.45. The molecule has 0 aliphatic heterocycles. The van der Waals surface area contributed by atoms with Gasteiger partial charge in [-0.2, -0.15) is 0 Å². The quantitative estimate of drug-likeness (QED) is 0.823. The van der Waals surface area contributed by atoms with E-state index in [-0.39, 0.29) is 37.1 Å². The number of nitrogens with two attached hydrogens (primary N) is 1. The molecule has 0 bridgehead atoms. The van der Waals surface area contributed by atoms with Crippen molar-refractivity contribution in [2.45, 2.75) is 6.36 Å². The number of hydrogen-bond donors (Lipinski definition) is 1. The fraction of sp³-hybridized carbons (Fsp3) is 0.200. The third-order valence-corrected chi connectivity index (χ3v) is 2.73. The highest BCUT2D eigenvalue weighted by Crippen LogP contribution is 2.29. The van der Waals surface area contributed by atoms with E-state index in [2.05, 4.69) is 4.74 Å². The van der Waals surface area contributed by atoms with Gasteiger partial charge in [0.2, 0.25) is 0 Å². The maximum absolute atomic E-state index is 13.8. The fourth-order valence-corrected chi connectivity index (χ4v) is 1.82. The van der Waals surface area contributed by atoms with Gasteiger partial charge < -0.3 is 15.2 Å². The smallest absolute Gasteiger partial charge is 0.489 e. The van der Waals surface area contributed by atoms with E-state index < -0.39 is 12.2 Å². The molecule has 3 nitrogen and oxygen atoms in total. The van der Waals surface area contributed by atoms with Gasteiger partial charge in [-0.05, 0) is 35.4 Å². The minimum absolute atomic E-state index is 0. The monoisotopic (exact) mass is 351 g/mol. The lowest BCUT2D eigenvalue weighted by Crippen LogP contribution is -2.16. The van der Waals surface area contributed by atoms with Crippen LogP contribution in [0.15, 0.2) is 42.5 Å². The Bertz CT molecular complexity index is 632. The molecule has 23 heavy (non-hydrogen) atoms. The summed E-state index contributed by atoms with van der Waals surface area (Å²) in [7, 11) is 0. The van der Waals surface area contributed by atoms with Crippen LogP contribution in [-0.4, -0.2) is 19.5 Å². The van der Waals surface area contributed by atoms with E-state index in [1.54, 1.807) is 6.07 Å². The number of halogens is 5. The van der Waals surface area contributed by atoms with Crippen LogP contribution in [-0.2, 0) is 0 Å². The van der Waals surface area contributed by atoms with Crippen LogP contribution in [0, 0.1) is 5.82 Å². The van der Waals surface area contributed by atoms with E-state index in [0.717, 1.165) is 0 Å². The average Bonchev–Trinajstić information content (AvgIpc) is 2.45. The van der Waals surface area contributed by atoms with Gasteiger partial charge in [0, 0.05) is 6.54 Å². The first-order valence-corrected chi connectivity index (χ1v) is 6.37. The first kappa shape index (κ1) is 19.1. The molecule has 2 aromatic carbocycles. The van der Waals surface area contributed by atoms with Crippen molar-refractivity contribution in [3.63, 3.8) is 0 Å². The van der Waals surface area contributed by atoms with Crippen molar-refractivity contribution in [1.29, 1.82) is 0 Å². The summed E-state index contributed by atoms with van der Waals surface area (Å²) in [4.78, 5) is 0. The zero-order chi connectivity index (χ0) is 16.2. The molecule has 0 saturated heterocycles. The van der Waals surface area contributed by atoms with Crippen LogP contribution in [0.5, 0.6) is 11.5 Å². The molecule has 0 amide bonds. The lowest BCUT2D eigenvalue weighted by Gasteiger charge is -2.10. The van der Waals surface area contributed by atoms with Gasteiger partial charge in [0.1, 0.15) is 12.4 Å². The van der Waals surface area contributed by atoms with Gasteiger partial charge in [0.05, 0.1) is 0 Å². The molecule has 0 aromatic heterocycles. The molecule has 126 valence electrons. The fourth-order valence-electron chi connectivity index (χ4n) is 1.82. The molecule has 0 heterocycles. The van der Waals surface area contributed by atoms with Gasteiger partial charge in [-0.15, -0.1) is 25.6 Å².